The zero-order chi connectivity index (χ0) is 14.7. The van der Waals surface area contributed by atoms with Crippen molar-refractivity contribution in [3.05, 3.63) is 41.5 Å². The molecule has 20 heavy (non-hydrogen) atoms. The fourth-order valence-corrected chi connectivity index (χ4v) is 1.93. The number of benzene rings is 1. The van der Waals surface area contributed by atoms with Gasteiger partial charge >= 0.3 is 0 Å². The van der Waals surface area contributed by atoms with Gasteiger partial charge in [0, 0.05) is 11.6 Å². The highest BCUT2D eigenvalue weighted by Crippen LogP contribution is 2.22. The Bertz CT molecular complexity index is 543. The molecule has 0 radical (unpaired) electrons. The minimum Gasteiger partial charge on any atom is -0.374 e. The van der Waals surface area contributed by atoms with Crippen molar-refractivity contribution in [3.63, 3.8) is 0 Å². The van der Waals surface area contributed by atoms with Crippen molar-refractivity contribution in [1.82, 2.24) is 10.1 Å². The number of aromatic nitrogens is 2. The first kappa shape index (κ1) is 14.6. The molecule has 1 unspecified atom stereocenters. The van der Waals surface area contributed by atoms with E-state index in [0.717, 1.165) is 11.5 Å². The Kier molecular flexibility index (Phi) is 4.42. The minimum atomic E-state index is -0.0000926. The zero-order valence-electron chi connectivity index (χ0n) is 12.8. The molecule has 1 atom stereocenters. The molecule has 0 saturated carbocycles. The van der Waals surface area contributed by atoms with Crippen molar-refractivity contribution in [2.45, 2.75) is 52.5 Å². The molecule has 0 amide bonds. The van der Waals surface area contributed by atoms with Crippen LogP contribution in [0.3, 0.4) is 0 Å². The van der Waals surface area contributed by atoms with E-state index in [1.165, 1.54) is 5.56 Å². The van der Waals surface area contributed by atoms with Gasteiger partial charge in [0.05, 0.1) is 0 Å². The molecule has 4 nitrogen and oxygen atoms in total. The number of hydrogen-bond acceptors (Lipinski definition) is 4. The molecule has 0 fully saturated rings. The van der Waals surface area contributed by atoms with Crippen molar-refractivity contribution in [2.24, 2.45) is 0 Å². The first-order valence-electron chi connectivity index (χ1n) is 7.17. The van der Waals surface area contributed by atoms with Crippen LogP contribution in [0.2, 0.25) is 0 Å². The summed E-state index contributed by atoms with van der Waals surface area (Å²) in [5.74, 6) is 2.21. The van der Waals surface area contributed by atoms with Crippen molar-refractivity contribution in [1.29, 1.82) is 0 Å². The summed E-state index contributed by atoms with van der Waals surface area (Å²) in [5, 5.41) is 7.37. The first-order valence-corrected chi connectivity index (χ1v) is 7.17. The molecule has 1 aromatic carbocycles. The van der Waals surface area contributed by atoms with E-state index in [2.05, 4.69) is 67.4 Å². The lowest BCUT2D eigenvalue weighted by atomic mass is 10.0. The van der Waals surface area contributed by atoms with Crippen LogP contribution in [0.1, 0.15) is 69.8 Å². The number of rotatable bonds is 5. The highest BCUT2D eigenvalue weighted by Gasteiger charge is 2.15. The van der Waals surface area contributed by atoms with Crippen LogP contribution in [-0.2, 0) is 0 Å². The van der Waals surface area contributed by atoms with Crippen LogP contribution < -0.4 is 5.32 Å². The molecule has 1 aromatic heterocycles. The van der Waals surface area contributed by atoms with Crippen LogP contribution in [-0.4, -0.2) is 10.1 Å². The third-order valence-electron chi connectivity index (χ3n) is 3.30. The summed E-state index contributed by atoms with van der Waals surface area (Å²) in [5.41, 5.74) is 2.40. The van der Waals surface area contributed by atoms with Crippen LogP contribution >= 0.6 is 0 Å². The van der Waals surface area contributed by atoms with Gasteiger partial charge in [-0.05, 0) is 30.5 Å². The smallest absolute Gasteiger partial charge is 0.248 e. The minimum absolute atomic E-state index is 0.0000926. The third kappa shape index (κ3) is 3.38. The fraction of sp³-hybridized carbons (Fsp3) is 0.500. The van der Waals surface area contributed by atoms with Crippen LogP contribution in [0.5, 0.6) is 0 Å². The molecule has 4 heteroatoms. The molecule has 1 N–H and O–H groups in total. The Balaban J connectivity index is 2.04. The summed E-state index contributed by atoms with van der Waals surface area (Å²) in [4.78, 5) is 4.41. The van der Waals surface area contributed by atoms with Crippen LogP contribution in [0.15, 0.2) is 28.8 Å². The molecule has 0 aliphatic heterocycles. The SMILES string of the molecule is CC(C)c1ccc(NC(C)c2nc(C(C)C)no2)cc1. The van der Waals surface area contributed by atoms with Gasteiger partial charge in [0.25, 0.3) is 0 Å². The van der Waals surface area contributed by atoms with Gasteiger partial charge in [-0.3, -0.25) is 0 Å². The second kappa shape index (κ2) is 6.07. The van der Waals surface area contributed by atoms with Crippen LogP contribution in [0.25, 0.3) is 0 Å². The van der Waals surface area contributed by atoms with E-state index >= 15 is 0 Å². The maximum Gasteiger partial charge on any atom is 0.248 e. The monoisotopic (exact) mass is 273 g/mol. The van der Waals surface area contributed by atoms with Gasteiger partial charge in [-0.25, -0.2) is 0 Å². The summed E-state index contributed by atoms with van der Waals surface area (Å²) < 4.78 is 5.30. The normalized spacial score (nSPS) is 12.9. The topological polar surface area (TPSA) is 51.0 Å². The second-order valence-corrected chi connectivity index (χ2v) is 5.79. The van der Waals surface area contributed by atoms with Gasteiger partial charge in [0.15, 0.2) is 5.82 Å². The number of anilines is 1. The summed E-state index contributed by atoms with van der Waals surface area (Å²) in [6.45, 7) is 10.5. The highest BCUT2D eigenvalue weighted by atomic mass is 16.5. The Morgan fingerprint density at radius 2 is 1.60 bits per heavy atom. The average molecular weight is 273 g/mol. The lowest BCUT2D eigenvalue weighted by Crippen LogP contribution is -2.07. The molecule has 0 spiro atoms. The maximum absolute atomic E-state index is 5.30. The molecular formula is C16H23N3O. The molecule has 108 valence electrons. The van der Waals surface area contributed by atoms with Crippen molar-refractivity contribution in [3.8, 4) is 0 Å². The van der Waals surface area contributed by atoms with Gasteiger partial charge in [-0.1, -0.05) is 45.0 Å². The predicted octanol–water partition coefficient (Wildman–Crippen LogP) is 4.49. The Hall–Kier alpha value is -1.84. The van der Waals surface area contributed by atoms with Crippen LogP contribution in [0, 0.1) is 0 Å². The first-order chi connectivity index (χ1) is 9.47. The Morgan fingerprint density at radius 1 is 0.950 bits per heavy atom. The fourth-order valence-electron chi connectivity index (χ4n) is 1.93. The van der Waals surface area contributed by atoms with Gasteiger partial charge in [0.1, 0.15) is 6.04 Å². The zero-order valence-corrected chi connectivity index (χ0v) is 12.8. The molecule has 2 aromatic rings. The molecule has 0 aliphatic rings. The van der Waals surface area contributed by atoms with Gasteiger partial charge in [0.2, 0.25) is 5.89 Å². The Labute approximate surface area is 120 Å². The summed E-state index contributed by atoms with van der Waals surface area (Å²) in [6.07, 6.45) is 0. The maximum atomic E-state index is 5.30. The largest absolute Gasteiger partial charge is 0.374 e. The average Bonchev–Trinajstić information content (AvgIpc) is 2.89. The molecule has 2 rings (SSSR count). The second-order valence-electron chi connectivity index (χ2n) is 5.79. The number of hydrogen-bond donors (Lipinski definition) is 1. The van der Waals surface area contributed by atoms with Gasteiger partial charge in [-0.15, -0.1) is 0 Å². The summed E-state index contributed by atoms with van der Waals surface area (Å²) in [6, 6.07) is 8.47. The molecule has 0 saturated heterocycles. The summed E-state index contributed by atoms with van der Waals surface area (Å²) >= 11 is 0. The molecular weight excluding hydrogens is 250 g/mol. The lowest BCUT2D eigenvalue weighted by Gasteiger charge is -2.12. The van der Waals surface area contributed by atoms with Crippen molar-refractivity contribution < 1.29 is 4.52 Å². The van der Waals surface area contributed by atoms with Gasteiger partial charge < -0.3 is 9.84 Å². The Morgan fingerprint density at radius 3 is 2.10 bits per heavy atom. The van der Waals surface area contributed by atoms with E-state index < -0.39 is 0 Å². The van der Waals surface area contributed by atoms with E-state index in [9.17, 15) is 0 Å². The van der Waals surface area contributed by atoms with E-state index in [0.29, 0.717) is 11.8 Å². The standard InChI is InChI=1S/C16H23N3O/c1-10(2)13-6-8-14(9-7-13)17-12(5)16-18-15(11(3)4)19-20-16/h6-12,17H,1-5H3. The lowest BCUT2D eigenvalue weighted by molar-refractivity contribution is 0.361. The van der Waals surface area contributed by atoms with E-state index in [1.54, 1.807) is 0 Å². The van der Waals surface area contributed by atoms with Crippen molar-refractivity contribution >= 4 is 5.69 Å². The van der Waals surface area contributed by atoms with E-state index in [-0.39, 0.29) is 12.0 Å². The number of nitrogens with zero attached hydrogens (tertiary/aromatic N) is 2. The van der Waals surface area contributed by atoms with E-state index in [1.807, 2.05) is 6.92 Å². The van der Waals surface area contributed by atoms with E-state index in [4.69, 9.17) is 4.52 Å². The molecule has 0 aliphatic carbocycles. The predicted molar refractivity (Wildman–Crippen MR) is 81.0 cm³/mol. The third-order valence-corrected chi connectivity index (χ3v) is 3.30. The van der Waals surface area contributed by atoms with Crippen LogP contribution in [0.4, 0.5) is 5.69 Å². The van der Waals surface area contributed by atoms with Gasteiger partial charge in [-0.2, -0.15) is 4.98 Å². The summed E-state index contributed by atoms with van der Waals surface area (Å²) in [7, 11) is 0. The molecule has 1 heterocycles. The quantitative estimate of drug-likeness (QED) is 0.872. The van der Waals surface area contributed by atoms with Crippen molar-refractivity contribution in [2.75, 3.05) is 5.32 Å². The molecule has 0 bridgehead atoms. The number of nitrogens with one attached hydrogen (secondary N) is 1. The highest BCUT2D eigenvalue weighted by molar-refractivity contribution is 5.46.